The van der Waals surface area contributed by atoms with Crippen LogP contribution in [0.25, 0.3) is 0 Å². The number of ether oxygens (including phenoxy) is 1. The molecule has 1 N–H and O–H groups in total. The second kappa shape index (κ2) is 8.66. The molecule has 0 unspecified atom stereocenters. The highest BCUT2D eigenvalue weighted by Crippen LogP contribution is 2.14. The van der Waals surface area contributed by atoms with Gasteiger partial charge in [0, 0.05) is 31.6 Å². The molecule has 8 heteroatoms. The van der Waals surface area contributed by atoms with Gasteiger partial charge in [0.1, 0.15) is 5.82 Å². The number of halogens is 1. The summed E-state index contributed by atoms with van der Waals surface area (Å²) in [5, 5.41) is 6.82. The van der Waals surface area contributed by atoms with E-state index < -0.39 is 0 Å². The maximum absolute atomic E-state index is 12.9. The maximum atomic E-state index is 12.9. The summed E-state index contributed by atoms with van der Waals surface area (Å²) in [5.41, 5.74) is 1.48. The molecule has 1 aliphatic rings. The van der Waals surface area contributed by atoms with Crippen molar-refractivity contribution in [3.05, 3.63) is 53.2 Å². The molecular formula is C19H22FN3O4. The van der Waals surface area contributed by atoms with Gasteiger partial charge < -0.3 is 19.5 Å². The summed E-state index contributed by atoms with van der Waals surface area (Å²) in [6.07, 6.45) is 1.44. The third kappa shape index (κ3) is 5.06. The molecule has 2 heterocycles. The Hall–Kier alpha value is -2.90. The highest BCUT2D eigenvalue weighted by molar-refractivity contribution is 5.91. The number of nitrogens with zero attached hydrogens (tertiary/aromatic N) is 2. The van der Waals surface area contributed by atoms with Gasteiger partial charge in [-0.3, -0.25) is 4.79 Å². The number of likely N-dealkylation sites (tertiary alicyclic amines) is 1. The number of hydrogen-bond acceptors (Lipinski definition) is 5. The molecule has 7 nitrogen and oxygen atoms in total. The Morgan fingerprint density at radius 1 is 1.30 bits per heavy atom. The number of aromatic nitrogens is 1. The maximum Gasteiger partial charge on any atom is 0.409 e. The van der Waals surface area contributed by atoms with Crippen molar-refractivity contribution in [1.29, 1.82) is 0 Å². The first-order valence-electron chi connectivity index (χ1n) is 8.97. The molecule has 1 fully saturated rings. The van der Waals surface area contributed by atoms with Crippen molar-refractivity contribution < 1.29 is 23.2 Å². The number of nitrogens with one attached hydrogen (secondary N) is 1. The molecule has 0 spiro atoms. The molecule has 0 radical (unpaired) electrons. The number of carbonyl (C=O) groups is 2. The lowest BCUT2D eigenvalue weighted by Gasteiger charge is -2.31. The van der Waals surface area contributed by atoms with Crippen LogP contribution in [0.3, 0.4) is 0 Å². The Balaban J connectivity index is 1.50. The van der Waals surface area contributed by atoms with Crippen LogP contribution in [0.5, 0.6) is 0 Å². The summed E-state index contributed by atoms with van der Waals surface area (Å²) < 4.78 is 23.1. The summed E-state index contributed by atoms with van der Waals surface area (Å²) in [7, 11) is 0. The molecule has 0 bridgehead atoms. The van der Waals surface area contributed by atoms with Gasteiger partial charge in [-0.2, -0.15) is 0 Å². The summed E-state index contributed by atoms with van der Waals surface area (Å²) in [4.78, 5) is 25.7. The molecule has 1 aromatic carbocycles. The van der Waals surface area contributed by atoms with Crippen LogP contribution in [0.1, 0.15) is 41.6 Å². The second-order valence-corrected chi connectivity index (χ2v) is 6.42. The normalized spacial score (nSPS) is 14.8. The van der Waals surface area contributed by atoms with Crippen LogP contribution in [0.15, 0.2) is 34.9 Å². The Morgan fingerprint density at radius 3 is 2.67 bits per heavy atom. The zero-order chi connectivity index (χ0) is 19.2. The summed E-state index contributed by atoms with van der Waals surface area (Å²) >= 11 is 0. The fraction of sp³-hybridized carbons (Fsp3) is 0.421. The SMILES string of the molecule is CCOC(=O)N1CCC(NC(=O)c2cc(Cc3ccc(F)cc3)no2)CC1. The quantitative estimate of drug-likeness (QED) is 0.869. The number of amides is 2. The first kappa shape index (κ1) is 18.9. The van der Waals surface area contributed by atoms with E-state index in [9.17, 15) is 14.0 Å². The summed E-state index contributed by atoms with van der Waals surface area (Å²) in [6, 6.07) is 7.65. The monoisotopic (exact) mass is 375 g/mol. The number of carbonyl (C=O) groups excluding carboxylic acids is 2. The van der Waals surface area contributed by atoms with E-state index in [2.05, 4.69) is 10.5 Å². The number of hydrogen-bond donors (Lipinski definition) is 1. The molecule has 2 aromatic rings. The van der Waals surface area contributed by atoms with Crippen LogP contribution >= 0.6 is 0 Å². The lowest BCUT2D eigenvalue weighted by atomic mass is 10.1. The molecule has 27 heavy (non-hydrogen) atoms. The van der Waals surface area contributed by atoms with Gasteiger partial charge in [-0.1, -0.05) is 17.3 Å². The van der Waals surface area contributed by atoms with Gasteiger partial charge in [-0.05, 0) is 37.5 Å². The zero-order valence-corrected chi connectivity index (χ0v) is 15.1. The van der Waals surface area contributed by atoms with Crippen molar-refractivity contribution in [2.75, 3.05) is 19.7 Å². The van der Waals surface area contributed by atoms with Gasteiger partial charge in [0.25, 0.3) is 5.91 Å². The smallest absolute Gasteiger partial charge is 0.409 e. The van der Waals surface area contributed by atoms with Crippen LogP contribution in [0.2, 0.25) is 0 Å². The highest BCUT2D eigenvalue weighted by atomic mass is 19.1. The van der Waals surface area contributed by atoms with E-state index >= 15 is 0 Å². The van der Waals surface area contributed by atoms with Crippen molar-refractivity contribution >= 4 is 12.0 Å². The van der Waals surface area contributed by atoms with E-state index in [0.717, 1.165) is 5.56 Å². The van der Waals surface area contributed by atoms with Gasteiger partial charge in [-0.25, -0.2) is 9.18 Å². The summed E-state index contributed by atoms with van der Waals surface area (Å²) in [5.74, 6) is -0.490. The van der Waals surface area contributed by atoms with Crippen molar-refractivity contribution in [3.8, 4) is 0 Å². The minimum atomic E-state index is -0.331. The van der Waals surface area contributed by atoms with Crippen LogP contribution in [-0.4, -0.2) is 47.8 Å². The molecular weight excluding hydrogens is 353 g/mol. The van der Waals surface area contributed by atoms with Crippen LogP contribution < -0.4 is 5.32 Å². The predicted molar refractivity (Wildman–Crippen MR) is 94.8 cm³/mol. The average molecular weight is 375 g/mol. The standard InChI is InChI=1S/C19H22FN3O4/c1-2-26-19(25)23-9-7-15(8-10-23)21-18(24)17-12-16(22-27-17)11-13-3-5-14(20)6-4-13/h3-6,12,15H,2,7-11H2,1H3,(H,21,24). The lowest BCUT2D eigenvalue weighted by molar-refractivity contribution is 0.0834. The van der Waals surface area contributed by atoms with E-state index in [4.69, 9.17) is 9.26 Å². The van der Waals surface area contributed by atoms with Gasteiger partial charge in [0.05, 0.1) is 12.3 Å². The molecule has 144 valence electrons. The number of benzene rings is 1. The second-order valence-electron chi connectivity index (χ2n) is 6.42. The van der Waals surface area contributed by atoms with Crippen molar-refractivity contribution in [2.45, 2.75) is 32.2 Å². The molecule has 1 saturated heterocycles. The largest absolute Gasteiger partial charge is 0.450 e. The lowest BCUT2D eigenvalue weighted by Crippen LogP contribution is -2.46. The minimum absolute atomic E-state index is 0.0335. The molecule has 3 rings (SSSR count). The van der Waals surface area contributed by atoms with Gasteiger partial charge in [0.15, 0.2) is 0 Å². The van der Waals surface area contributed by atoms with E-state index in [0.29, 0.717) is 44.7 Å². The Kier molecular flexibility index (Phi) is 6.05. The van der Waals surface area contributed by atoms with E-state index in [1.54, 1.807) is 30.0 Å². The zero-order valence-electron chi connectivity index (χ0n) is 15.1. The van der Waals surface area contributed by atoms with Gasteiger partial charge in [-0.15, -0.1) is 0 Å². The topological polar surface area (TPSA) is 84.7 Å². The Morgan fingerprint density at radius 2 is 2.00 bits per heavy atom. The van der Waals surface area contributed by atoms with Crippen molar-refractivity contribution in [2.24, 2.45) is 0 Å². The molecule has 1 aliphatic heterocycles. The van der Waals surface area contributed by atoms with E-state index in [1.165, 1.54) is 12.1 Å². The van der Waals surface area contributed by atoms with Crippen molar-refractivity contribution in [1.82, 2.24) is 15.4 Å². The van der Waals surface area contributed by atoms with Gasteiger partial charge >= 0.3 is 6.09 Å². The molecule has 0 aliphatic carbocycles. The molecule has 1 aromatic heterocycles. The van der Waals surface area contributed by atoms with Crippen LogP contribution in [-0.2, 0) is 11.2 Å². The first-order valence-corrected chi connectivity index (χ1v) is 8.97. The molecule has 0 atom stereocenters. The molecule has 2 amide bonds. The third-order valence-corrected chi connectivity index (χ3v) is 4.44. The Bertz CT molecular complexity index is 783. The fourth-order valence-corrected chi connectivity index (χ4v) is 2.99. The highest BCUT2D eigenvalue weighted by Gasteiger charge is 2.25. The number of rotatable bonds is 5. The molecule has 0 saturated carbocycles. The van der Waals surface area contributed by atoms with Crippen molar-refractivity contribution in [3.63, 3.8) is 0 Å². The number of piperidine rings is 1. The first-order chi connectivity index (χ1) is 13.0. The van der Waals surface area contributed by atoms with Crippen LogP contribution in [0, 0.1) is 5.82 Å². The Labute approximate surface area is 156 Å². The minimum Gasteiger partial charge on any atom is -0.450 e. The van der Waals surface area contributed by atoms with E-state index in [-0.39, 0.29) is 29.6 Å². The fourth-order valence-electron chi connectivity index (χ4n) is 2.99. The van der Waals surface area contributed by atoms with Crippen LogP contribution in [0.4, 0.5) is 9.18 Å². The van der Waals surface area contributed by atoms with E-state index in [1.807, 2.05) is 0 Å². The predicted octanol–water partition coefficient (Wildman–Crippen LogP) is 2.76. The average Bonchev–Trinajstić information content (AvgIpc) is 3.13. The van der Waals surface area contributed by atoms with Gasteiger partial charge in [0.2, 0.25) is 5.76 Å². The third-order valence-electron chi connectivity index (χ3n) is 4.44. The summed E-state index contributed by atoms with van der Waals surface area (Å²) in [6.45, 7) is 3.19.